The van der Waals surface area contributed by atoms with Gasteiger partial charge in [0.1, 0.15) is 5.75 Å². The highest BCUT2D eigenvalue weighted by atomic mass is 16.5. The monoisotopic (exact) mass is 351 g/mol. The Balaban J connectivity index is 1.46. The molecule has 3 aromatic rings. The summed E-state index contributed by atoms with van der Waals surface area (Å²) in [6.45, 7) is 1.51. The van der Waals surface area contributed by atoms with E-state index in [0.29, 0.717) is 6.54 Å². The Morgan fingerprint density at radius 3 is 2.85 bits per heavy atom. The quantitative estimate of drug-likeness (QED) is 0.782. The van der Waals surface area contributed by atoms with Crippen LogP contribution in [0.25, 0.3) is 5.65 Å². The van der Waals surface area contributed by atoms with Gasteiger partial charge in [-0.3, -0.25) is 9.20 Å². The molecule has 1 atom stereocenters. The zero-order valence-electron chi connectivity index (χ0n) is 14.6. The topological polar surface area (TPSA) is 71.8 Å². The number of hydrogen-bond donors (Lipinski definition) is 1. The Morgan fingerprint density at radius 1 is 1.19 bits per heavy atom. The molecule has 1 saturated heterocycles. The lowest BCUT2D eigenvalue weighted by Crippen LogP contribution is -2.41. The highest BCUT2D eigenvalue weighted by Crippen LogP contribution is 2.24. The molecule has 0 saturated carbocycles. The van der Waals surface area contributed by atoms with Crippen molar-refractivity contribution in [2.75, 3.05) is 30.4 Å². The molecular weight excluding hydrogens is 330 g/mol. The number of amides is 1. The average molecular weight is 351 g/mol. The number of nitrogens with zero attached hydrogens (tertiary/aromatic N) is 4. The Hall–Kier alpha value is -3.09. The van der Waals surface area contributed by atoms with Crippen LogP contribution in [0.3, 0.4) is 0 Å². The summed E-state index contributed by atoms with van der Waals surface area (Å²) in [5.41, 5.74) is 1.59. The van der Waals surface area contributed by atoms with Crippen molar-refractivity contribution in [2.24, 2.45) is 5.92 Å². The summed E-state index contributed by atoms with van der Waals surface area (Å²) >= 11 is 0. The van der Waals surface area contributed by atoms with Gasteiger partial charge < -0.3 is 15.0 Å². The van der Waals surface area contributed by atoms with Crippen LogP contribution in [0.5, 0.6) is 5.75 Å². The molecule has 0 spiro atoms. The molecule has 3 heterocycles. The predicted octanol–water partition coefficient (Wildman–Crippen LogP) is 2.59. The molecule has 0 bridgehead atoms. The van der Waals surface area contributed by atoms with E-state index in [1.165, 1.54) is 0 Å². The van der Waals surface area contributed by atoms with Crippen LogP contribution in [0.2, 0.25) is 0 Å². The number of carbonyl (C=O) groups is 1. The number of piperidine rings is 1. The van der Waals surface area contributed by atoms with Crippen molar-refractivity contribution in [3.8, 4) is 5.75 Å². The molecule has 1 fully saturated rings. The molecule has 4 rings (SSSR count). The standard InChI is InChI=1S/C19H21N5O2/c1-26-16-9-7-15(8-10-16)20-18(25)14-5-4-11-23(13-14)19-22-21-17-6-2-3-12-24(17)19/h2-3,6-10,12,14H,4-5,11,13H2,1H3,(H,20,25)/t14-/m0/s1. The molecule has 0 radical (unpaired) electrons. The molecule has 2 aromatic heterocycles. The zero-order valence-corrected chi connectivity index (χ0v) is 14.6. The number of carbonyl (C=O) groups excluding carboxylic acids is 1. The van der Waals surface area contributed by atoms with Crippen molar-refractivity contribution >= 4 is 23.2 Å². The van der Waals surface area contributed by atoms with E-state index in [-0.39, 0.29) is 11.8 Å². The molecule has 7 nitrogen and oxygen atoms in total. The molecule has 1 N–H and O–H groups in total. The number of ether oxygens (including phenoxy) is 1. The third-order valence-electron chi connectivity index (χ3n) is 4.73. The van der Waals surface area contributed by atoms with Crippen molar-refractivity contribution in [3.63, 3.8) is 0 Å². The van der Waals surface area contributed by atoms with Crippen LogP contribution in [-0.2, 0) is 4.79 Å². The first kappa shape index (κ1) is 16.4. The third kappa shape index (κ3) is 3.20. The van der Waals surface area contributed by atoms with Gasteiger partial charge >= 0.3 is 0 Å². The van der Waals surface area contributed by atoms with E-state index in [2.05, 4.69) is 20.4 Å². The molecule has 26 heavy (non-hydrogen) atoms. The van der Waals surface area contributed by atoms with Gasteiger partial charge in [-0.2, -0.15) is 0 Å². The number of aromatic nitrogens is 3. The van der Waals surface area contributed by atoms with Gasteiger partial charge in [-0.1, -0.05) is 6.07 Å². The van der Waals surface area contributed by atoms with Gasteiger partial charge in [-0.05, 0) is 49.2 Å². The van der Waals surface area contributed by atoms with E-state index in [4.69, 9.17) is 4.74 Å². The van der Waals surface area contributed by atoms with E-state index in [0.717, 1.165) is 42.4 Å². The Labute approximate surface area is 151 Å². The summed E-state index contributed by atoms with van der Waals surface area (Å²) in [5.74, 6) is 1.52. The molecule has 134 valence electrons. The molecule has 0 aliphatic carbocycles. The molecule has 1 aliphatic rings. The molecule has 1 aliphatic heterocycles. The van der Waals surface area contributed by atoms with Crippen molar-refractivity contribution in [1.29, 1.82) is 0 Å². The highest BCUT2D eigenvalue weighted by molar-refractivity contribution is 5.93. The summed E-state index contributed by atoms with van der Waals surface area (Å²) < 4.78 is 7.11. The Bertz CT molecular complexity index is 906. The first-order valence-electron chi connectivity index (χ1n) is 8.74. The van der Waals surface area contributed by atoms with Gasteiger partial charge in [-0.25, -0.2) is 0 Å². The van der Waals surface area contributed by atoms with Crippen LogP contribution in [-0.4, -0.2) is 40.7 Å². The second-order valence-electron chi connectivity index (χ2n) is 6.43. The van der Waals surface area contributed by atoms with Crippen molar-refractivity contribution in [3.05, 3.63) is 48.7 Å². The zero-order chi connectivity index (χ0) is 17.9. The van der Waals surface area contributed by atoms with E-state index in [9.17, 15) is 4.79 Å². The highest BCUT2D eigenvalue weighted by Gasteiger charge is 2.28. The number of nitrogens with one attached hydrogen (secondary N) is 1. The number of hydrogen-bond acceptors (Lipinski definition) is 5. The lowest BCUT2D eigenvalue weighted by molar-refractivity contribution is -0.120. The first-order chi connectivity index (χ1) is 12.7. The van der Waals surface area contributed by atoms with Crippen molar-refractivity contribution in [1.82, 2.24) is 14.6 Å². The van der Waals surface area contributed by atoms with Crippen LogP contribution in [0.1, 0.15) is 12.8 Å². The fourth-order valence-electron chi connectivity index (χ4n) is 3.34. The van der Waals surface area contributed by atoms with Crippen LogP contribution in [0.4, 0.5) is 11.6 Å². The second-order valence-corrected chi connectivity index (χ2v) is 6.43. The van der Waals surface area contributed by atoms with E-state index >= 15 is 0 Å². The van der Waals surface area contributed by atoms with Crippen molar-refractivity contribution in [2.45, 2.75) is 12.8 Å². The normalized spacial score (nSPS) is 17.3. The minimum Gasteiger partial charge on any atom is -0.497 e. The minimum absolute atomic E-state index is 0.0358. The summed E-state index contributed by atoms with van der Waals surface area (Å²) in [6.07, 6.45) is 3.77. The van der Waals surface area contributed by atoms with Gasteiger partial charge in [0.15, 0.2) is 5.65 Å². The van der Waals surface area contributed by atoms with Gasteiger partial charge in [0, 0.05) is 25.0 Å². The number of rotatable bonds is 4. The summed E-state index contributed by atoms with van der Waals surface area (Å²) in [7, 11) is 1.62. The smallest absolute Gasteiger partial charge is 0.231 e. The van der Waals surface area contributed by atoms with E-state index in [1.807, 2.05) is 53.1 Å². The van der Waals surface area contributed by atoms with Crippen LogP contribution >= 0.6 is 0 Å². The number of anilines is 2. The maximum absolute atomic E-state index is 12.7. The Morgan fingerprint density at radius 2 is 2.04 bits per heavy atom. The van der Waals surface area contributed by atoms with Crippen molar-refractivity contribution < 1.29 is 9.53 Å². The van der Waals surface area contributed by atoms with Crippen LogP contribution in [0, 0.1) is 5.92 Å². The fourth-order valence-corrected chi connectivity index (χ4v) is 3.34. The molecule has 0 unspecified atom stereocenters. The summed E-state index contributed by atoms with van der Waals surface area (Å²) in [5, 5.41) is 11.5. The maximum Gasteiger partial charge on any atom is 0.231 e. The van der Waals surface area contributed by atoms with Gasteiger partial charge in [0.05, 0.1) is 13.0 Å². The third-order valence-corrected chi connectivity index (χ3v) is 4.73. The van der Waals surface area contributed by atoms with Crippen LogP contribution in [0.15, 0.2) is 48.7 Å². The second kappa shape index (κ2) is 7.03. The Kier molecular flexibility index (Phi) is 4.43. The number of benzene rings is 1. The molecule has 1 amide bonds. The van der Waals surface area contributed by atoms with Gasteiger partial charge in [0.2, 0.25) is 11.9 Å². The SMILES string of the molecule is COc1ccc(NC(=O)[C@H]2CCCN(c3nnc4ccccn34)C2)cc1. The molecule has 1 aromatic carbocycles. The number of pyridine rings is 1. The fraction of sp³-hybridized carbons (Fsp3) is 0.316. The average Bonchev–Trinajstić information content (AvgIpc) is 3.13. The van der Waals surface area contributed by atoms with Gasteiger partial charge in [0.25, 0.3) is 0 Å². The van der Waals surface area contributed by atoms with E-state index < -0.39 is 0 Å². The number of fused-ring (bicyclic) bond motifs is 1. The van der Waals surface area contributed by atoms with E-state index in [1.54, 1.807) is 7.11 Å². The van der Waals surface area contributed by atoms with Gasteiger partial charge in [-0.15, -0.1) is 10.2 Å². The summed E-state index contributed by atoms with van der Waals surface area (Å²) in [4.78, 5) is 14.8. The summed E-state index contributed by atoms with van der Waals surface area (Å²) in [6, 6.07) is 13.2. The first-order valence-corrected chi connectivity index (χ1v) is 8.74. The molecular formula is C19H21N5O2. The molecule has 7 heteroatoms. The maximum atomic E-state index is 12.7. The minimum atomic E-state index is -0.0816. The predicted molar refractivity (Wildman–Crippen MR) is 99.5 cm³/mol. The number of methoxy groups -OCH3 is 1. The lowest BCUT2D eigenvalue weighted by Gasteiger charge is -2.32. The lowest BCUT2D eigenvalue weighted by atomic mass is 9.97. The van der Waals surface area contributed by atoms with Crippen LogP contribution < -0.4 is 15.0 Å². The largest absolute Gasteiger partial charge is 0.497 e.